The van der Waals surface area contributed by atoms with E-state index in [2.05, 4.69) is 0 Å². The number of nitrogens with zero attached hydrogens (tertiary/aromatic N) is 1. The number of aliphatic carboxylic acids is 1. The molecule has 1 aromatic rings. The quantitative estimate of drug-likeness (QED) is 0.792. The molecule has 2 unspecified atom stereocenters. The van der Waals surface area contributed by atoms with E-state index in [0.717, 1.165) is 10.6 Å². The Labute approximate surface area is 109 Å². The van der Waals surface area contributed by atoms with Crippen LogP contribution in [0.4, 0.5) is 4.39 Å². The fourth-order valence-corrected chi connectivity index (χ4v) is 1.90. The van der Waals surface area contributed by atoms with Gasteiger partial charge in [0, 0.05) is 12.6 Å². The Morgan fingerprint density at radius 2 is 2.21 bits per heavy atom. The van der Waals surface area contributed by atoms with Gasteiger partial charge in [-0.15, -0.1) is 0 Å². The normalized spacial score (nSPS) is 13.8. The zero-order valence-electron chi connectivity index (χ0n) is 10.8. The van der Waals surface area contributed by atoms with Crippen molar-refractivity contribution in [2.75, 3.05) is 0 Å². The van der Waals surface area contributed by atoms with Crippen LogP contribution in [0.5, 0.6) is 0 Å². The molecule has 0 aliphatic rings. The number of halogens is 1. The lowest BCUT2D eigenvalue weighted by atomic mass is 9.98. The molecule has 19 heavy (non-hydrogen) atoms. The predicted molar refractivity (Wildman–Crippen MR) is 66.6 cm³/mol. The molecule has 1 aromatic heterocycles. The number of hydrogen-bond donors (Lipinski definition) is 1. The summed E-state index contributed by atoms with van der Waals surface area (Å²) in [6.07, 6.45) is 2.28. The monoisotopic (exact) mass is 269 g/mol. The number of carbonyl (C=O) groups is 2. The number of aldehydes is 1. The van der Waals surface area contributed by atoms with E-state index in [4.69, 9.17) is 0 Å². The Morgan fingerprint density at radius 1 is 1.58 bits per heavy atom. The van der Waals surface area contributed by atoms with Gasteiger partial charge in [0.25, 0.3) is 5.56 Å². The summed E-state index contributed by atoms with van der Waals surface area (Å²) in [4.78, 5) is 33.5. The zero-order chi connectivity index (χ0) is 14.6. The van der Waals surface area contributed by atoms with Crippen LogP contribution in [0.2, 0.25) is 0 Å². The van der Waals surface area contributed by atoms with E-state index in [9.17, 15) is 23.9 Å². The maximum atomic E-state index is 13.5. The molecular weight excluding hydrogens is 253 g/mol. The van der Waals surface area contributed by atoms with Gasteiger partial charge < -0.3 is 9.90 Å². The van der Waals surface area contributed by atoms with Crippen LogP contribution in [0.1, 0.15) is 31.9 Å². The molecule has 1 heterocycles. The minimum Gasteiger partial charge on any atom is -0.480 e. The Morgan fingerprint density at radius 3 is 2.68 bits per heavy atom. The molecule has 0 spiro atoms. The van der Waals surface area contributed by atoms with E-state index in [1.54, 1.807) is 13.8 Å². The molecule has 0 radical (unpaired) electrons. The highest BCUT2D eigenvalue weighted by molar-refractivity contribution is 5.72. The second-order valence-electron chi connectivity index (χ2n) is 4.45. The lowest BCUT2D eigenvalue weighted by Gasteiger charge is -2.21. The average molecular weight is 269 g/mol. The Bertz CT molecular complexity index is 538. The van der Waals surface area contributed by atoms with Crippen molar-refractivity contribution in [3.8, 4) is 0 Å². The van der Waals surface area contributed by atoms with Crippen molar-refractivity contribution in [2.45, 2.75) is 32.7 Å². The molecule has 0 amide bonds. The van der Waals surface area contributed by atoms with Gasteiger partial charge >= 0.3 is 5.97 Å². The van der Waals surface area contributed by atoms with Crippen LogP contribution in [0.15, 0.2) is 17.1 Å². The molecule has 5 nitrogen and oxygen atoms in total. The molecule has 6 heteroatoms. The average Bonchev–Trinajstić information content (AvgIpc) is 2.35. The Balaban J connectivity index is 3.40. The first kappa shape index (κ1) is 15.1. The van der Waals surface area contributed by atoms with Crippen molar-refractivity contribution in [1.29, 1.82) is 0 Å². The third-order valence-electron chi connectivity index (χ3n) is 3.11. The minimum atomic E-state index is -1.20. The van der Waals surface area contributed by atoms with Crippen LogP contribution >= 0.6 is 0 Å². The Hall–Kier alpha value is -1.98. The zero-order valence-corrected chi connectivity index (χ0v) is 10.8. The summed E-state index contributed by atoms with van der Waals surface area (Å²) in [6.45, 7) is 3.47. The van der Waals surface area contributed by atoms with Crippen molar-refractivity contribution in [1.82, 2.24) is 4.57 Å². The van der Waals surface area contributed by atoms with Gasteiger partial charge in [-0.1, -0.05) is 20.3 Å². The molecule has 2 atom stereocenters. The van der Waals surface area contributed by atoms with Gasteiger partial charge in [-0.3, -0.25) is 9.36 Å². The van der Waals surface area contributed by atoms with Gasteiger partial charge in [0.05, 0.1) is 0 Å². The molecule has 0 aliphatic carbocycles. The van der Waals surface area contributed by atoms with Gasteiger partial charge in [0.2, 0.25) is 0 Å². The third kappa shape index (κ3) is 3.27. The van der Waals surface area contributed by atoms with Crippen LogP contribution in [-0.4, -0.2) is 21.9 Å². The second-order valence-corrected chi connectivity index (χ2v) is 4.45. The number of carboxylic acids is 1. The largest absolute Gasteiger partial charge is 0.480 e. The standard InChI is InChI=1S/C13H16FNO4/c1-3-8(2)11(13(18)19)15-7-9(4-5-16)6-10(14)12(15)17/h5-8,11H,3-4H2,1-2H3,(H,18,19). The summed E-state index contributed by atoms with van der Waals surface area (Å²) >= 11 is 0. The first-order chi connectivity index (χ1) is 8.92. The molecule has 0 saturated carbocycles. The van der Waals surface area contributed by atoms with Crippen LogP contribution < -0.4 is 5.56 Å². The third-order valence-corrected chi connectivity index (χ3v) is 3.11. The highest BCUT2D eigenvalue weighted by atomic mass is 19.1. The number of aromatic nitrogens is 1. The van der Waals surface area contributed by atoms with E-state index in [-0.39, 0.29) is 17.9 Å². The number of hydrogen-bond acceptors (Lipinski definition) is 3. The van der Waals surface area contributed by atoms with Crippen molar-refractivity contribution in [3.63, 3.8) is 0 Å². The summed E-state index contributed by atoms with van der Waals surface area (Å²) in [5, 5.41) is 9.21. The first-order valence-electron chi connectivity index (χ1n) is 5.99. The van der Waals surface area contributed by atoms with E-state index < -0.39 is 23.4 Å². The van der Waals surface area contributed by atoms with Gasteiger partial charge in [-0.25, -0.2) is 9.18 Å². The Kier molecular flexibility index (Phi) is 4.97. The summed E-state index contributed by atoms with van der Waals surface area (Å²) < 4.78 is 14.4. The molecular formula is C13H16FNO4. The lowest BCUT2D eigenvalue weighted by molar-refractivity contribution is -0.142. The summed E-state index contributed by atoms with van der Waals surface area (Å²) in [6, 6.07) is -0.179. The minimum absolute atomic E-state index is 0.0654. The van der Waals surface area contributed by atoms with E-state index in [0.29, 0.717) is 12.7 Å². The van der Waals surface area contributed by atoms with Crippen molar-refractivity contribution in [2.24, 2.45) is 5.92 Å². The fraction of sp³-hybridized carbons (Fsp3) is 0.462. The summed E-state index contributed by atoms with van der Waals surface area (Å²) in [5.74, 6) is -2.57. The molecule has 0 aliphatic heterocycles. The molecule has 0 fully saturated rings. The van der Waals surface area contributed by atoms with Crippen LogP contribution in [0, 0.1) is 11.7 Å². The number of rotatable bonds is 6. The van der Waals surface area contributed by atoms with Gasteiger partial charge in [-0.2, -0.15) is 0 Å². The molecule has 0 saturated heterocycles. The molecule has 104 valence electrons. The van der Waals surface area contributed by atoms with E-state index in [1.807, 2.05) is 0 Å². The van der Waals surface area contributed by atoms with Crippen molar-refractivity contribution >= 4 is 12.3 Å². The van der Waals surface area contributed by atoms with Gasteiger partial charge in [-0.05, 0) is 17.5 Å². The topological polar surface area (TPSA) is 76.4 Å². The van der Waals surface area contributed by atoms with Gasteiger partial charge in [0.15, 0.2) is 5.82 Å². The van der Waals surface area contributed by atoms with Crippen LogP contribution in [0.3, 0.4) is 0 Å². The summed E-state index contributed by atoms with van der Waals surface area (Å²) in [5.41, 5.74) is -0.705. The highest BCUT2D eigenvalue weighted by Crippen LogP contribution is 2.20. The second kappa shape index (κ2) is 6.26. The van der Waals surface area contributed by atoms with Crippen LogP contribution in [0.25, 0.3) is 0 Å². The van der Waals surface area contributed by atoms with E-state index in [1.165, 1.54) is 6.20 Å². The fourth-order valence-electron chi connectivity index (χ4n) is 1.90. The van der Waals surface area contributed by atoms with E-state index >= 15 is 0 Å². The first-order valence-corrected chi connectivity index (χ1v) is 5.99. The SMILES string of the molecule is CCC(C)C(C(=O)O)n1cc(CC=O)cc(F)c1=O. The van der Waals surface area contributed by atoms with Crippen molar-refractivity contribution in [3.05, 3.63) is 34.0 Å². The summed E-state index contributed by atoms with van der Waals surface area (Å²) in [7, 11) is 0. The van der Waals surface area contributed by atoms with Gasteiger partial charge in [0.1, 0.15) is 12.3 Å². The predicted octanol–water partition coefficient (Wildman–Crippen LogP) is 1.40. The lowest BCUT2D eigenvalue weighted by Crippen LogP contribution is -2.35. The number of pyridine rings is 1. The van der Waals surface area contributed by atoms with Crippen LogP contribution in [-0.2, 0) is 16.0 Å². The molecule has 1 N–H and O–H groups in total. The molecule has 0 aromatic carbocycles. The van der Waals surface area contributed by atoms with Crippen molar-refractivity contribution < 1.29 is 19.1 Å². The molecule has 1 rings (SSSR count). The smallest absolute Gasteiger partial charge is 0.327 e. The maximum Gasteiger partial charge on any atom is 0.327 e. The molecule has 0 bridgehead atoms. The number of carboxylic acid groups (broad SMARTS) is 1. The maximum absolute atomic E-state index is 13.5. The number of carbonyl (C=O) groups excluding carboxylic acids is 1. The highest BCUT2D eigenvalue weighted by Gasteiger charge is 2.27.